The van der Waals surface area contributed by atoms with Gasteiger partial charge in [-0.15, -0.1) is 0 Å². The number of rotatable bonds is 3. The second-order valence-corrected chi connectivity index (χ2v) is 5.44. The molecule has 0 radical (unpaired) electrons. The molecule has 0 saturated heterocycles. The Morgan fingerprint density at radius 1 is 0.958 bits per heavy atom. The zero-order chi connectivity index (χ0) is 16.5. The molecule has 0 aliphatic carbocycles. The van der Waals surface area contributed by atoms with Crippen LogP contribution in [0.3, 0.4) is 0 Å². The molecule has 0 fully saturated rings. The molecule has 0 unspecified atom stereocenters. The maximum Gasteiger partial charge on any atom is 0.162 e. The van der Waals surface area contributed by atoms with E-state index in [9.17, 15) is 0 Å². The smallest absolute Gasteiger partial charge is 0.162 e. The fourth-order valence-electron chi connectivity index (χ4n) is 2.64. The number of fused-ring (bicyclic) bond motifs is 1. The van der Waals surface area contributed by atoms with Gasteiger partial charge in [0.15, 0.2) is 5.65 Å². The lowest BCUT2D eigenvalue weighted by molar-refractivity contribution is 0.660. The largest absolute Gasteiger partial charge is 0.272 e. The Kier molecular flexibility index (Phi) is 3.32. The molecule has 6 nitrogen and oxygen atoms in total. The maximum absolute atomic E-state index is 8.90. The highest BCUT2D eigenvalue weighted by molar-refractivity contribution is 5.78. The van der Waals surface area contributed by atoms with Gasteiger partial charge in [-0.3, -0.25) is 4.68 Å². The van der Waals surface area contributed by atoms with Crippen LogP contribution in [0.1, 0.15) is 12.5 Å². The Hall–Kier alpha value is -3.46. The van der Waals surface area contributed by atoms with E-state index in [1.807, 2.05) is 41.6 Å². The van der Waals surface area contributed by atoms with Gasteiger partial charge in [-0.2, -0.15) is 15.5 Å². The minimum Gasteiger partial charge on any atom is -0.272 e. The molecule has 0 saturated carbocycles. The van der Waals surface area contributed by atoms with E-state index in [1.54, 1.807) is 22.8 Å². The molecule has 24 heavy (non-hydrogen) atoms. The standard InChI is InChI=1S/C18H14N6/c1-2-23-11-16(9-21-23)15-8-20-18-17(10-22-24(18)12-15)14-5-3-13(7-19)4-6-14/h3-6,8-12H,2H2,1H3. The summed E-state index contributed by atoms with van der Waals surface area (Å²) in [6, 6.07) is 9.55. The fraction of sp³-hybridized carbons (Fsp3) is 0.111. The third kappa shape index (κ3) is 2.32. The van der Waals surface area contributed by atoms with Crippen molar-refractivity contribution in [3.8, 4) is 28.3 Å². The van der Waals surface area contributed by atoms with Crippen molar-refractivity contribution in [1.29, 1.82) is 5.26 Å². The van der Waals surface area contributed by atoms with Crippen LogP contribution in [-0.4, -0.2) is 24.4 Å². The number of hydrogen-bond donors (Lipinski definition) is 0. The molecule has 0 aliphatic heterocycles. The Balaban J connectivity index is 1.76. The molecule has 0 amide bonds. The maximum atomic E-state index is 8.90. The van der Waals surface area contributed by atoms with Crippen LogP contribution in [0.25, 0.3) is 27.9 Å². The molecule has 6 heteroatoms. The fourth-order valence-corrected chi connectivity index (χ4v) is 2.64. The van der Waals surface area contributed by atoms with Gasteiger partial charge in [0.05, 0.1) is 24.0 Å². The lowest BCUT2D eigenvalue weighted by Crippen LogP contribution is -1.93. The van der Waals surface area contributed by atoms with E-state index in [0.29, 0.717) is 5.56 Å². The molecule has 4 aromatic rings. The summed E-state index contributed by atoms with van der Waals surface area (Å²) in [5.74, 6) is 0. The summed E-state index contributed by atoms with van der Waals surface area (Å²) >= 11 is 0. The van der Waals surface area contributed by atoms with E-state index in [0.717, 1.165) is 34.4 Å². The van der Waals surface area contributed by atoms with Crippen molar-refractivity contribution in [1.82, 2.24) is 24.4 Å². The first-order chi connectivity index (χ1) is 11.8. The molecule has 0 spiro atoms. The third-order valence-corrected chi connectivity index (χ3v) is 3.97. The van der Waals surface area contributed by atoms with Gasteiger partial charge < -0.3 is 0 Å². The first kappa shape index (κ1) is 14.2. The minimum absolute atomic E-state index is 0.637. The SMILES string of the molecule is CCn1cc(-c2cnc3c(-c4ccc(C#N)cc4)cnn3c2)cn1. The number of nitriles is 1. The van der Waals surface area contributed by atoms with Crippen molar-refractivity contribution >= 4 is 5.65 Å². The minimum atomic E-state index is 0.637. The average Bonchev–Trinajstić information content (AvgIpc) is 3.28. The Labute approximate surface area is 138 Å². The first-order valence-electron chi connectivity index (χ1n) is 7.65. The van der Waals surface area contributed by atoms with E-state index < -0.39 is 0 Å². The average molecular weight is 314 g/mol. The Morgan fingerprint density at radius 2 is 1.75 bits per heavy atom. The number of aromatic nitrogens is 5. The molecule has 116 valence electrons. The van der Waals surface area contributed by atoms with Crippen molar-refractivity contribution < 1.29 is 0 Å². The van der Waals surface area contributed by atoms with E-state index in [1.165, 1.54) is 0 Å². The second-order valence-electron chi connectivity index (χ2n) is 5.44. The van der Waals surface area contributed by atoms with Gasteiger partial charge in [0, 0.05) is 41.8 Å². The highest BCUT2D eigenvalue weighted by Gasteiger charge is 2.10. The second kappa shape index (κ2) is 5.63. The van der Waals surface area contributed by atoms with Gasteiger partial charge >= 0.3 is 0 Å². The van der Waals surface area contributed by atoms with Crippen LogP contribution >= 0.6 is 0 Å². The normalized spacial score (nSPS) is 10.8. The van der Waals surface area contributed by atoms with Crippen molar-refractivity contribution in [3.05, 3.63) is 60.8 Å². The van der Waals surface area contributed by atoms with Gasteiger partial charge in [0.2, 0.25) is 0 Å². The number of nitrogens with zero attached hydrogens (tertiary/aromatic N) is 6. The summed E-state index contributed by atoms with van der Waals surface area (Å²) < 4.78 is 3.65. The summed E-state index contributed by atoms with van der Waals surface area (Å²) in [4.78, 5) is 4.57. The van der Waals surface area contributed by atoms with Crippen LogP contribution in [0.2, 0.25) is 0 Å². The predicted molar refractivity (Wildman–Crippen MR) is 90.0 cm³/mol. The molecular weight excluding hydrogens is 300 g/mol. The van der Waals surface area contributed by atoms with Gasteiger partial charge in [-0.1, -0.05) is 12.1 Å². The monoisotopic (exact) mass is 314 g/mol. The van der Waals surface area contributed by atoms with Crippen LogP contribution in [0.4, 0.5) is 0 Å². The summed E-state index contributed by atoms with van der Waals surface area (Å²) in [5.41, 5.74) is 5.33. The van der Waals surface area contributed by atoms with Crippen molar-refractivity contribution in [2.45, 2.75) is 13.5 Å². The van der Waals surface area contributed by atoms with E-state index >= 15 is 0 Å². The summed E-state index contributed by atoms with van der Waals surface area (Å²) in [6.45, 7) is 2.88. The quantitative estimate of drug-likeness (QED) is 0.582. The van der Waals surface area contributed by atoms with E-state index in [4.69, 9.17) is 5.26 Å². The lowest BCUT2D eigenvalue weighted by Gasteiger charge is -2.01. The van der Waals surface area contributed by atoms with Crippen molar-refractivity contribution in [2.24, 2.45) is 0 Å². The number of aryl methyl sites for hydroxylation is 1. The number of benzene rings is 1. The van der Waals surface area contributed by atoms with Crippen LogP contribution in [-0.2, 0) is 6.54 Å². The molecule has 3 aromatic heterocycles. The van der Waals surface area contributed by atoms with E-state index in [2.05, 4.69) is 28.2 Å². The van der Waals surface area contributed by atoms with E-state index in [-0.39, 0.29) is 0 Å². The highest BCUT2D eigenvalue weighted by Crippen LogP contribution is 2.25. The van der Waals surface area contributed by atoms with Crippen molar-refractivity contribution in [2.75, 3.05) is 0 Å². The highest BCUT2D eigenvalue weighted by atomic mass is 15.3. The summed E-state index contributed by atoms with van der Waals surface area (Å²) in [5, 5.41) is 17.6. The molecule has 3 heterocycles. The first-order valence-corrected chi connectivity index (χ1v) is 7.65. The zero-order valence-electron chi connectivity index (χ0n) is 13.1. The predicted octanol–water partition coefficient (Wildman–Crippen LogP) is 3.15. The molecule has 1 aromatic carbocycles. The molecule has 0 aliphatic rings. The summed E-state index contributed by atoms with van der Waals surface area (Å²) in [6.07, 6.45) is 9.40. The zero-order valence-corrected chi connectivity index (χ0v) is 13.1. The van der Waals surface area contributed by atoms with Gasteiger partial charge in [0.25, 0.3) is 0 Å². The number of hydrogen-bond acceptors (Lipinski definition) is 4. The summed E-state index contributed by atoms with van der Waals surface area (Å²) in [7, 11) is 0. The van der Waals surface area contributed by atoms with Crippen LogP contribution in [0.15, 0.2) is 55.2 Å². The van der Waals surface area contributed by atoms with Crippen LogP contribution in [0.5, 0.6) is 0 Å². The van der Waals surface area contributed by atoms with Crippen molar-refractivity contribution in [3.63, 3.8) is 0 Å². The molecule has 4 rings (SSSR count). The van der Waals surface area contributed by atoms with Gasteiger partial charge in [-0.25, -0.2) is 9.50 Å². The molecular formula is C18H14N6. The van der Waals surface area contributed by atoms with Crippen LogP contribution < -0.4 is 0 Å². The van der Waals surface area contributed by atoms with Gasteiger partial charge in [0.1, 0.15) is 0 Å². The Morgan fingerprint density at radius 3 is 2.46 bits per heavy atom. The Bertz CT molecular complexity index is 1050. The third-order valence-electron chi connectivity index (χ3n) is 3.97. The topological polar surface area (TPSA) is 71.8 Å². The molecule has 0 atom stereocenters. The van der Waals surface area contributed by atoms with Gasteiger partial charge in [-0.05, 0) is 24.6 Å². The molecule has 0 N–H and O–H groups in total. The molecule has 0 bridgehead atoms. The van der Waals surface area contributed by atoms with Crippen LogP contribution in [0, 0.1) is 11.3 Å². The lowest BCUT2D eigenvalue weighted by atomic mass is 10.1.